The average Bonchev–Trinajstić information content (AvgIpc) is 2.87. The number of furan rings is 1. The molecule has 2 N–H and O–H groups in total. The maximum Gasteiger partial charge on any atom is 0.315 e. The number of aromatic nitrogens is 1. The first kappa shape index (κ1) is 14.1. The fourth-order valence-electron chi connectivity index (χ4n) is 1.87. The summed E-state index contributed by atoms with van der Waals surface area (Å²) in [5, 5.41) is 5.66. The Bertz CT molecular complexity index is 551. The Balaban J connectivity index is 1.73. The van der Waals surface area contributed by atoms with Gasteiger partial charge in [0.2, 0.25) is 0 Å². The quantitative estimate of drug-likeness (QED) is 0.880. The van der Waals surface area contributed by atoms with Crippen LogP contribution in [-0.4, -0.2) is 17.6 Å². The lowest BCUT2D eigenvalue weighted by atomic mass is 10.2. The summed E-state index contributed by atoms with van der Waals surface area (Å²) in [6.07, 6.45) is 4.29. The van der Waals surface area contributed by atoms with Crippen LogP contribution < -0.4 is 10.6 Å². The summed E-state index contributed by atoms with van der Waals surface area (Å²) in [7, 11) is 0. The summed E-state index contributed by atoms with van der Waals surface area (Å²) in [6, 6.07) is 7.28. The summed E-state index contributed by atoms with van der Waals surface area (Å²) >= 11 is 0. The van der Waals surface area contributed by atoms with Crippen LogP contribution >= 0.6 is 0 Å². The molecule has 5 heteroatoms. The van der Waals surface area contributed by atoms with Gasteiger partial charge in [0.1, 0.15) is 11.5 Å². The van der Waals surface area contributed by atoms with E-state index in [1.165, 1.54) is 0 Å². The lowest BCUT2D eigenvalue weighted by molar-refractivity contribution is 0.236. The van der Waals surface area contributed by atoms with E-state index in [9.17, 15) is 4.79 Å². The minimum atomic E-state index is -0.199. The number of urea groups is 1. The molecule has 1 atom stereocenters. The third-order valence-corrected chi connectivity index (χ3v) is 2.96. The molecule has 1 unspecified atom stereocenters. The smallest absolute Gasteiger partial charge is 0.315 e. The SMILES string of the molecule is Cc1ccc(C(C)NC(=O)NCCc2cccnc2)o1. The first-order chi connectivity index (χ1) is 9.65. The fraction of sp³-hybridized carbons (Fsp3) is 0.333. The van der Waals surface area contributed by atoms with Crippen LogP contribution in [0.15, 0.2) is 41.1 Å². The highest BCUT2D eigenvalue weighted by Crippen LogP contribution is 2.15. The number of rotatable bonds is 5. The van der Waals surface area contributed by atoms with Crippen LogP contribution in [0.2, 0.25) is 0 Å². The van der Waals surface area contributed by atoms with Gasteiger partial charge in [0, 0.05) is 18.9 Å². The van der Waals surface area contributed by atoms with Gasteiger partial charge in [-0.25, -0.2) is 4.79 Å². The van der Waals surface area contributed by atoms with Crippen molar-refractivity contribution in [3.63, 3.8) is 0 Å². The molecule has 5 nitrogen and oxygen atoms in total. The van der Waals surface area contributed by atoms with Gasteiger partial charge >= 0.3 is 6.03 Å². The van der Waals surface area contributed by atoms with E-state index in [0.717, 1.165) is 23.5 Å². The van der Waals surface area contributed by atoms with E-state index in [-0.39, 0.29) is 12.1 Å². The number of hydrogen-bond acceptors (Lipinski definition) is 3. The lowest BCUT2D eigenvalue weighted by Gasteiger charge is -2.12. The second-order valence-electron chi connectivity index (χ2n) is 4.68. The van der Waals surface area contributed by atoms with E-state index in [4.69, 9.17) is 4.42 Å². The van der Waals surface area contributed by atoms with Crippen molar-refractivity contribution in [1.29, 1.82) is 0 Å². The number of aryl methyl sites for hydroxylation is 1. The Morgan fingerprint density at radius 1 is 1.40 bits per heavy atom. The Labute approximate surface area is 118 Å². The van der Waals surface area contributed by atoms with Gasteiger partial charge in [0.05, 0.1) is 6.04 Å². The second-order valence-corrected chi connectivity index (χ2v) is 4.68. The van der Waals surface area contributed by atoms with Crippen molar-refractivity contribution in [2.75, 3.05) is 6.54 Å². The molecule has 20 heavy (non-hydrogen) atoms. The normalized spacial score (nSPS) is 11.9. The van der Waals surface area contributed by atoms with Gasteiger partial charge in [-0.15, -0.1) is 0 Å². The van der Waals surface area contributed by atoms with E-state index >= 15 is 0 Å². The van der Waals surface area contributed by atoms with Crippen molar-refractivity contribution < 1.29 is 9.21 Å². The van der Waals surface area contributed by atoms with E-state index < -0.39 is 0 Å². The van der Waals surface area contributed by atoms with Gasteiger partial charge < -0.3 is 15.1 Å². The third-order valence-electron chi connectivity index (χ3n) is 2.96. The van der Waals surface area contributed by atoms with Crippen molar-refractivity contribution in [3.05, 3.63) is 53.7 Å². The average molecular weight is 273 g/mol. The first-order valence-corrected chi connectivity index (χ1v) is 6.65. The van der Waals surface area contributed by atoms with E-state index in [1.807, 2.05) is 38.1 Å². The molecule has 0 aliphatic heterocycles. The van der Waals surface area contributed by atoms with Crippen LogP contribution in [0.4, 0.5) is 4.79 Å². The number of nitrogens with zero attached hydrogens (tertiary/aromatic N) is 1. The molecule has 0 saturated heterocycles. The van der Waals surface area contributed by atoms with Gasteiger partial charge in [0.15, 0.2) is 0 Å². The van der Waals surface area contributed by atoms with Gasteiger partial charge in [-0.3, -0.25) is 4.98 Å². The molecule has 0 aliphatic carbocycles. The maximum absolute atomic E-state index is 11.7. The topological polar surface area (TPSA) is 67.2 Å². The molecule has 2 heterocycles. The van der Waals surface area contributed by atoms with Crippen molar-refractivity contribution in [3.8, 4) is 0 Å². The highest BCUT2D eigenvalue weighted by atomic mass is 16.3. The zero-order valence-electron chi connectivity index (χ0n) is 11.7. The van der Waals surface area contributed by atoms with Crippen LogP contribution in [0.25, 0.3) is 0 Å². The monoisotopic (exact) mass is 273 g/mol. The molecule has 2 rings (SSSR count). The number of nitrogens with one attached hydrogen (secondary N) is 2. The minimum Gasteiger partial charge on any atom is -0.464 e. The van der Waals surface area contributed by atoms with Gasteiger partial charge in [-0.1, -0.05) is 6.07 Å². The summed E-state index contributed by atoms with van der Waals surface area (Å²) in [6.45, 7) is 4.34. The number of carbonyl (C=O) groups is 1. The molecule has 2 aromatic heterocycles. The highest BCUT2D eigenvalue weighted by Gasteiger charge is 2.12. The molecule has 0 saturated carbocycles. The predicted octanol–water partition coefficient (Wildman–Crippen LogP) is 2.59. The van der Waals surface area contributed by atoms with Crippen LogP contribution in [0.1, 0.15) is 30.0 Å². The molecule has 0 spiro atoms. The molecule has 0 aromatic carbocycles. The summed E-state index contributed by atoms with van der Waals surface area (Å²) in [4.78, 5) is 15.8. The number of amides is 2. The molecule has 2 aromatic rings. The Morgan fingerprint density at radius 2 is 2.25 bits per heavy atom. The summed E-state index contributed by atoms with van der Waals surface area (Å²) in [5.74, 6) is 1.59. The third kappa shape index (κ3) is 4.12. The summed E-state index contributed by atoms with van der Waals surface area (Å²) in [5.41, 5.74) is 1.10. The number of carbonyl (C=O) groups excluding carboxylic acids is 1. The predicted molar refractivity (Wildman–Crippen MR) is 76.3 cm³/mol. The molecule has 106 valence electrons. The van der Waals surface area contributed by atoms with Gasteiger partial charge in [-0.2, -0.15) is 0 Å². The molecule has 2 amide bonds. The summed E-state index contributed by atoms with van der Waals surface area (Å²) < 4.78 is 5.47. The van der Waals surface area contributed by atoms with Crippen LogP contribution in [0, 0.1) is 6.92 Å². The molecule has 0 bridgehead atoms. The van der Waals surface area contributed by atoms with Gasteiger partial charge in [-0.05, 0) is 44.0 Å². The van der Waals surface area contributed by atoms with Crippen molar-refractivity contribution in [2.24, 2.45) is 0 Å². The zero-order chi connectivity index (χ0) is 14.4. The molecule has 0 fully saturated rings. The molecule has 0 radical (unpaired) electrons. The van der Waals surface area contributed by atoms with Crippen molar-refractivity contribution in [2.45, 2.75) is 26.3 Å². The second kappa shape index (κ2) is 6.75. The van der Waals surface area contributed by atoms with Gasteiger partial charge in [0.25, 0.3) is 0 Å². The number of hydrogen-bond donors (Lipinski definition) is 2. The maximum atomic E-state index is 11.7. The number of pyridine rings is 1. The van der Waals surface area contributed by atoms with Crippen molar-refractivity contribution >= 4 is 6.03 Å². The first-order valence-electron chi connectivity index (χ1n) is 6.65. The molecular weight excluding hydrogens is 254 g/mol. The molecule has 0 aliphatic rings. The zero-order valence-corrected chi connectivity index (χ0v) is 11.7. The minimum absolute atomic E-state index is 0.151. The van der Waals surface area contributed by atoms with Crippen molar-refractivity contribution in [1.82, 2.24) is 15.6 Å². The Kier molecular flexibility index (Phi) is 4.76. The Hall–Kier alpha value is -2.30. The Morgan fingerprint density at radius 3 is 2.90 bits per heavy atom. The van der Waals surface area contributed by atoms with E-state index in [1.54, 1.807) is 12.4 Å². The van der Waals surface area contributed by atoms with Crippen LogP contribution in [-0.2, 0) is 6.42 Å². The largest absolute Gasteiger partial charge is 0.464 e. The standard InChI is InChI=1S/C15H19N3O2/c1-11-5-6-14(20-11)12(2)18-15(19)17-9-7-13-4-3-8-16-10-13/h3-6,8,10,12H,7,9H2,1-2H3,(H2,17,18,19). The lowest BCUT2D eigenvalue weighted by Crippen LogP contribution is -2.37. The highest BCUT2D eigenvalue weighted by molar-refractivity contribution is 5.74. The van der Waals surface area contributed by atoms with Crippen LogP contribution in [0.3, 0.4) is 0 Å². The van der Waals surface area contributed by atoms with Crippen LogP contribution in [0.5, 0.6) is 0 Å². The fourth-order valence-corrected chi connectivity index (χ4v) is 1.87. The van der Waals surface area contributed by atoms with E-state index in [2.05, 4.69) is 15.6 Å². The molecular formula is C15H19N3O2. The van der Waals surface area contributed by atoms with E-state index in [0.29, 0.717) is 6.54 Å².